The number of benzene rings is 1. The number of aryl methyl sites for hydroxylation is 1. The van der Waals surface area contributed by atoms with Crippen molar-refractivity contribution in [2.75, 3.05) is 13.2 Å². The second-order valence-electron chi connectivity index (χ2n) is 3.07. The van der Waals surface area contributed by atoms with Gasteiger partial charge < -0.3 is 4.74 Å². The number of hydrogen-bond donors (Lipinski definition) is 2. The fourth-order valence-electron chi connectivity index (χ4n) is 1.07. The number of hydrogen-bond acceptors (Lipinski definition) is 3. The Morgan fingerprint density at radius 3 is 2.93 bits per heavy atom. The van der Waals surface area contributed by atoms with Gasteiger partial charge in [0.1, 0.15) is 5.75 Å². The third-order valence-corrected chi connectivity index (χ3v) is 2.29. The molecule has 0 aliphatic rings. The molecule has 0 atom stereocenters. The molecule has 1 aromatic carbocycles. The predicted molar refractivity (Wildman–Crippen MR) is 58.5 cm³/mol. The van der Waals surface area contributed by atoms with Gasteiger partial charge in [-0.1, -0.05) is 11.6 Å². The molecule has 0 aliphatic carbocycles. The van der Waals surface area contributed by atoms with E-state index in [0.717, 1.165) is 29.3 Å². The van der Waals surface area contributed by atoms with Crippen LogP contribution in [0.3, 0.4) is 0 Å². The van der Waals surface area contributed by atoms with Crippen molar-refractivity contribution in [2.24, 2.45) is 5.84 Å². The van der Waals surface area contributed by atoms with Crippen molar-refractivity contribution in [3.8, 4) is 5.75 Å². The maximum absolute atomic E-state index is 5.88. The molecule has 1 aromatic rings. The molecule has 0 aliphatic heterocycles. The van der Waals surface area contributed by atoms with E-state index in [0.29, 0.717) is 6.61 Å². The summed E-state index contributed by atoms with van der Waals surface area (Å²) in [5, 5.41) is 0.765. The zero-order chi connectivity index (χ0) is 10.4. The summed E-state index contributed by atoms with van der Waals surface area (Å²) in [6.45, 7) is 3.37. The van der Waals surface area contributed by atoms with Gasteiger partial charge in [-0.15, -0.1) is 0 Å². The van der Waals surface area contributed by atoms with Crippen LogP contribution < -0.4 is 16.0 Å². The summed E-state index contributed by atoms with van der Waals surface area (Å²) in [4.78, 5) is 0. The number of ether oxygens (including phenoxy) is 1. The molecule has 0 fully saturated rings. The van der Waals surface area contributed by atoms with Crippen molar-refractivity contribution in [1.29, 1.82) is 0 Å². The Morgan fingerprint density at radius 2 is 2.29 bits per heavy atom. The van der Waals surface area contributed by atoms with Gasteiger partial charge in [0.25, 0.3) is 0 Å². The van der Waals surface area contributed by atoms with E-state index in [4.69, 9.17) is 22.2 Å². The van der Waals surface area contributed by atoms with Gasteiger partial charge in [0.05, 0.1) is 6.61 Å². The summed E-state index contributed by atoms with van der Waals surface area (Å²) in [6.07, 6.45) is 0.887. The molecule has 14 heavy (non-hydrogen) atoms. The molecule has 0 spiro atoms. The minimum atomic E-state index is 0.658. The minimum Gasteiger partial charge on any atom is -0.494 e. The van der Waals surface area contributed by atoms with E-state index in [2.05, 4.69) is 5.43 Å². The Kier molecular flexibility index (Phi) is 4.73. The van der Waals surface area contributed by atoms with Gasteiger partial charge in [0.15, 0.2) is 0 Å². The molecule has 0 saturated heterocycles. The van der Waals surface area contributed by atoms with Crippen LogP contribution in [0, 0.1) is 6.92 Å². The van der Waals surface area contributed by atoms with Gasteiger partial charge in [-0.25, -0.2) is 0 Å². The molecule has 0 unspecified atom stereocenters. The molecule has 4 heteroatoms. The Labute approximate surface area is 89.2 Å². The van der Waals surface area contributed by atoms with Gasteiger partial charge >= 0.3 is 0 Å². The highest BCUT2D eigenvalue weighted by Crippen LogP contribution is 2.20. The number of hydrazine groups is 1. The molecule has 0 amide bonds. The third-order valence-electron chi connectivity index (χ3n) is 1.86. The third kappa shape index (κ3) is 3.54. The van der Waals surface area contributed by atoms with E-state index in [1.807, 2.05) is 25.1 Å². The largest absolute Gasteiger partial charge is 0.494 e. The Morgan fingerprint density at radius 1 is 1.50 bits per heavy atom. The van der Waals surface area contributed by atoms with E-state index < -0.39 is 0 Å². The van der Waals surface area contributed by atoms with Gasteiger partial charge in [0, 0.05) is 11.6 Å². The summed E-state index contributed by atoms with van der Waals surface area (Å²) in [5.41, 5.74) is 3.60. The van der Waals surface area contributed by atoms with Crippen LogP contribution in [0.1, 0.15) is 12.0 Å². The van der Waals surface area contributed by atoms with Crippen molar-refractivity contribution >= 4 is 11.6 Å². The molecule has 0 aromatic heterocycles. The number of halogens is 1. The van der Waals surface area contributed by atoms with Crippen molar-refractivity contribution in [3.05, 3.63) is 28.8 Å². The van der Waals surface area contributed by atoms with Crippen molar-refractivity contribution in [3.63, 3.8) is 0 Å². The first-order valence-electron chi connectivity index (χ1n) is 4.56. The van der Waals surface area contributed by atoms with Crippen LogP contribution in [0.4, 0.5) is 0 Å². The van der Waals surface area contributed by atoms with Crippen LogP contribution in [0.15, 0.2) is 18.2 Å². The first-order valence-corrected chi connectivity index (χ1v) is 4.94. The molecule has 0 radical (unpaired) electrons. The van der Waals surface area contributed by atoms with Gasteiger partial charge in [-0.05, 0) is 37.1 Å². The standard InChI is InChI=1S/C10H15ClN2O/c1-8-7-9(3-4-10(8)11)14-6-2-5-13-12/h3-4,7,13H,2,5-6,12H2,1H3. The van der Waals surface area contributed by atoms with Gasteiger partial charge in [-0.3, -0.25) is 11.3 Å². The zero-order valence-corrected chi connectivity index (χ0v) is 8.97. The molecule has 0 heterocycles. The lowest BCUT2D eigenvalue weighted by Gasteiger charge is -2.07. The van der Waals surface area contributed by atoms with Crippen LogP contribution in [0.5, 0.6) is 5.75 Å². The molecule has 1 rings (SSSR count). The lowest BCUT2D eigenvalue weighted by molar-refractivity contribution is 0.308. The highest BCUT2D eigenvalue weighted by Gasteiger charge is 1.97. The Bertz CT molecular complexity index is 291. The number of nitrogens with one attached hydrogen (secondary N) is 1. The maximum Gasteiger partial charge on any atom is 0.119 e. The highest BCUT2D eigenvalue weighted by molar-refractivity contribution is 6.31. The molecule has 0 bridgehead atoms. The van der Waals surface area contributed by atoms with E-state index >= 15 is 0 Å². The fraction of sp³-hybridized carbons (Fsp3) is 0.400. The number of rotatable bonds is 5. The quantitative estimate of drug-likeness (QED) is 0.447. The molecular formula is C10H15ClN2O. The van der Waals surface area contributed by atoms with Crippen LogP contribution in [-0.2, 0) is 0 Å². The Balaban J connectivity index is 2.39. The summed E-state index contributed by atoms with van der Waals surface area (Å²) < 4.78 is 5.49. The summed E-state index contributed by atoms with van der Waals surface area (Å²) in [5.74, 6) is 5.98. The normalized spacial score (nSPS) is 10.2. The first kappa shape index (κ1) is 11.3. The van der Waals surface area contributed by atoms with Crippen LogP contribution in [0.2, 0.25) is 5.02 Å². The second kappa shape index (κ2) is 5.86. The van der Waals surface area contributed by atoms with Crippen LogP contribution in [0.25, 0.3) is 0 Å². The average molecular weight is 215 g/mol. The van der Waals surface area contributed by atoms with Gasteiger partial charge in [0.2, 0.25) is 0 Å². The topological polar surface area (TPSA) is 47.3 Å². The van der Waals surface area contributed by atoms with Crippen molar-refractivity contribution in [2.45, 2.75) is 13.3 Å². The SMILES string of the molecule is Cc1cc(OCCCNN)ccc1Cl. The Hall–Kier alpha value is -0.770. The zero-order valence-electron chi connectivity index (χ0n) is 8.22. The van der Waals surface area contributed by atoms with E-state index in [1.54, 1.807) is 0 Å². The summed E-state index contributed by atoms with van der Waals surface area (Å²) >= 11 is 5.88. The number of nitrogens with two attached hydrogens (primary N) is 1. The van der Waals surface area contributed by atoms with Crippen molar-refractivity contribution < 1.29 is 4.74 Å². The molecule has 3 nitrogen and oxygen atoms in total. The van der Waals surface area contributed by atoms with Crippen molar-refractivity contribution in [1.82, 2.24) is 5.43 Å². The first-order chi connectivity index (χ1) is 6.74. The second-order valence-corrected chi connectivity index (χ2v) is 3.47. The molecule has 0 saturated carbocycles. The lowest BCUT2D eigenvalue weighted by Crippen LogP contribution is -2.24. The van der Waals surface area contributed by atoms with Crippen LogP contribution >= 0.6 is 11.6 Å². The predicted octanol–water partition coefficient (Wildman–Crippen LogP) is 1.88. The smallest absolute Gasteiger partial charge is 0.119 e. The molecule has 78 valence electrons. The average Bonchev–Trinajstić information content (AvgIpc) is 2.18. The van der Waals surface area contributed by atoms with Crippen LogP contribution in [-0.4, -0.2) is 13.2 Å². The lowest BCUT2D eigenvalue weighted by atomic mass is 10.2. The monoisotopic (exact) mass is 214 g/mol. The van der Waals surface area contributed by atoms with Gasteiger partial charge in [-0.2, -0.15) is 0 Å². The minimum absolute atomic E-state index is 0.658. The summed E-state index contributed by atoms with van der Waals surface area (Å²) in [6, 6.07) is 5.64. The van der Waals surface area contributed by atoms with E-state index in [1.165, 1.54) is 0 Å². The van der Waals surface area contributed by atoms with E-state index in [-0.39, 0.29) is 0 Å². The maximum atomic E-state index is 5.88. The van der Waals surface area contributed by atoms with E-state index in [9.17, 15) is 0 Å². The molecular weight excluding hydrogens is 200 g/mol. The fourth-order valence-corrected chi connectivity index (χ4v) is 1.19. The summed E-state index contributed by atoms with van der Waals surface area (Å²) in [7, 11) is 0. The highest BCUT2D eigenvalue weighted by atomic mass is 35.5. The molecule has 3 N–H and O–H groups in total.